The van der Waals surface area contributed by atoms with Crippen molar-refractivity contribution < 1.29 is 47.6 Å². The first-order valence-electron chi connectivity index (χ1n) is 17.8. The van der Waals surface area contributed by atoms with Gasteiger partial charge in [0, 0.05) is 34.5 Å². The molecule has 2 atom stereocenters. The largest absolute Gasteiger partial charge is 0.545 e. The molecule has 8 rings (SSSR count). The highest BCUT2D eigenvalue weighted by atomic mass is 35.5. The molecule has 4 fully saturated rings. The molecule has 4 aliphatic rings. The number of piperidine rings is 3. The second-order valence-corrected chi connectivity index (χ2v) is 14.8. The second kappa shape index (κ2) is 16.3. The van der Waals surface area contributed by atoms with Gasteiger partial charge in [-0.05, 0) is 98.0 Å². The van der Waals surface area contributed by atoms with Gasteiger partial charge in [0.2, 0.25) is 12.4 Å². The van der Waals surface area contributed by atoms with Crippen molar-refractivity contribution in [2.45, 2.75) is 57.3 Å². The van der Waals surface area contributed by atoms with Gasteiger partial charge >= 0.3 is 12.7 Å². The highest BCUT2D eigenvalue weighted by Crippen LogP contribution is 2.41. The molecule has 1 amide bonds. The minimum atomic E-state index is -3.11. The van der Waals surface area contributed by atoms with Crippen molar-refractivity contribution in [3.8, 4) is 11.5 Å². The zero-order valence-corrected chi connectivity index (χ0v) is 30.6. The van der Waals surface area contributed by atoms with Gasteiger partial charge in [-0.1, -0.05) is 53.5 Å². The van der Waals surface area contributed by atoms with Crippen molar-refractivity contribution >= 4 is 41.1 Å². The average Bonchev–Trinajstić information content (AvgIpc) is 3.98. The number of pyridine rings is 2. The van der Waals surface area contributed by atoms with E-state index in [2.05, 4.69) is 9.88 Å². The molecule has 11 nitrogen and oxygen atoms in total. The summed E-state index contributed by atoms with van der Waals surface area (Å²) in [5, 5.41) is 23.0. The van der Waals surface area contributed by atoms with Crippen LogP contribution in [0.4, 0.5) is 19.4 Å². The Balaban J connectivity index is 1.29. The number of aromatic carboxylic acids is 1. The van der Waals surface area contributed by atoms with E-state index in [4.69, 9.17) is 37.4 Å². The fraction of sp³-hybridized carbons (Fsp3) is 0.385. The number of aromatic nitrogens is 2. The summed E-state index contributed by atoms with van der Waals surface area (Å²) in [6, 6.07) is 14.2. The maximum atomic E-state index is 13.9. The summed E-state index contributed by atoms with van der Waals surface area (Å²) < 4.78 is 44.4. The average molecular weight is 784 g/mol. The molecular weight excluding hydrogens is 745 g/mol. The molecule has 15 heteroatoms. The van der Waals surface area contributed by atoms with Crippen LogP contribution in [-0.2, 0) is 17.7 Å². The van der Waals surface area contributed by atoms with Gasteiger partial charge in [-0.3, -0.25) is 15.0 Å². The van der Waals surface area contributed by atoms with Crippen molar-refractivity contribution in [3.05, 3.63) is 111 Å². The summed E-state index contributed by atoms with van der Waals surface area (Å²) in [5.41, 5.74) is 1.50. The molecule has 4 aromatic rings. The van der Waals surface area contributed by atoms with Gasteiger partial charge in [0.05, 0.1) is 19.1 Å². The number of anilines is 1. The first-order chi connectivity index (χ1) is 26.0. The van der Waals surface area contributed by atoms with Gasteiger partial charge in [0.1, 0.15) is 22.0 Å². The van der Waals surface area contributed by atoms with Crippen LogP contribution in [0.3, 0.4) is 0 Å². The van der Waals surface area contributed by atoms with Gasteiger partial charge in [0.15, 0.2) is 11.5 Å². The van der Waals surface area contributed by atoms with E-state index in [0.717, 1.165) is 38.8 Å². The summed E-state index contributed by atoms with van der Waals surface area (Å²) in [4.78, 5) is 34.8. The Morgan fingerprint density at radius 3 is 2.41 bits per heavy atom. The molecule has 0 radical (unpaired) electrons. The quantitative estimate of drug-likeness (QED) is 0.116. The van der Waals surface area contributed by atoms with Crippen molar-refractivity contribution in [1.29, 1.82) is 0 Å². The molecule has 0 spiro atoms. The summed E-state index contributed by atoms with van der Waals surface area (Å²) >= 11 is 13.2. The molecule has 54 heavy (non-hydrogen) atoms. The number of alkyl halides is 2. The van der Waals surface area contributed by atoms with Crippen LogP contribution >= 0.6 is 23.2 Å². The van der Waals surface area contributed by atoms with Crippen LogP contribution in [0.15, 0.2) is 73.2 Å². The number of carbonyl (C=O) groups is 2. The van der Waals surface area contributed by atoms with Gasteiger partial charge in [-0.25, -0.2) is 9.78 Å². The lowest BCUT2D eigenvalue weighted by molar-refractivity contribution is -0.904. The van der Waals surface area contributed by atoms with E-state index in [1.807, 2.05) is 0 Å². The molecule has 3 aliphatic heterocycles. The Hall–Kier alpha value is -4.72. The second-order valence-electron chi connectivity index (χ2n) is 14.0. The number of amides is 1. The first-order valence-corrected chi connectivity index (χ1v) is 18.5. The standard InChI is InChI=1S/C39H38Cl2F2N4O7/c40-31-19-46(51)20-32(41)30(31)17-28(26-7-9-33(53-38(42)43)34(16-26)52-22-23-4-5-23)29-15-24(6-8-27(29)37(48)49)18-47(36-3-1-2-12-44-36)39(50)54-35-21-45-13-10-25(35)11-14-45/h1-3,6-9,12,15-16,19-20,23,25,28,35,38H,4-5,10-11,13-14,17-18,21-22H2,(H-,48,49,51)/t28-,35-/m0/s1. The van der Waals surface area contributed by atoms with Crippen molar-refractivity contribution in [1.82, 2.24) is 9.88 Å². The van der Waals surface area contributed by atoms with Crippen LogP contribution in [0.2, 0.25) is 10.0 Å². The number of carboxylic acid groups (broad SMARTS) is 1. The van der Waals surface area contributed by atoms with Crippen molar-refractivity contribution in [3.63, 3.8) is 0 Å². The lowest BCUT2D eigenvalue weighted by Gasteiger charge is -2.44. The van der Waals surface area contributed by atoms with Crippen LogP contribution in [0, 0.1) is 11.8 Å². The number of halogens is 4. The summed E-state index contributed by atoms with van der Waals surface area (Å²) in [7, 11) is 0. The number of nitrogens with zero attached hydrogens (tertiary/aromatic N) is 4. The number of carboxylic acids is 1. The number of ether oxygens (including phenoxy) is 3. The molecule has 1 N–H and O–H groups in total. The maximum Gasteiger partial charge on any atom is 0.416 e. The van der Waals surface area contributed by atoms with Crippen LogP contribution in [0.5, 0.6) is 11.5 Å². The van der Waals surface area contributed by atoms with E-state index < -0.39 is 24.6 Å². The molecule has 1 saturated carbocycles. The van der Waals surface area contributed by atoms with E-state index in [-0.39, 0.29) is 63.6 Å². The normalized spacial score (nSPS) is 19.7. The number of hydrogen-bond acceptors (Lipinski definition) is 9. The Kier molecular flexibility index (Phi) is 11.4. The lowest BCUT2D eigenvalue weighted by Crippen LogP contribution is -2.53. The van der Waals surface area contributed by atoms with Crippen LogP contribution < -0.4 is 24.2 Å². The molecular formula is C39H38Cl2F2N4O7. The number of hydrogen-bond donors (Lipinski definition) is 1. The molecule has 2 bridgehead atoms. The number of rotatable bonds is 14. The van der Waals surface area contributed by atoms with E-state index in [0.29, 0.717) is 40.4 Å². The van der Waals surface area contributed by atoms with Gasteiger partial charge in [-0.15, -0.1) is 0 Å². The molecule has 0 unspecified atom stereocenters. The smallest absolute Gasteiger partial charge is 0.416 e. The molecule has 284 valence electrons. The van der Waals surface area contributed by atoms with Gasteiger partial charge < -0.3 is 24.1 Å². The number of benzene rings is 2. The van der Waals surface area contributed by atoms with E-state index in [9.17, 15) is 28.7 Å². The molecule has 3 saturated heterocycles. The predicted molar refractivity (Wildman–Crippen MR) is 191 cm³/mol. The number of fused-ring (bicyclic) bond motifs is 3. The molecule has 2 aromatic heterocycles. The zero-order chi connectivity index (χ0) is 37.9. The zero-order valence-electron chi connectivity index (χ0n) is 29.1. The van der Waals surface area contributed by atoms with E-state index in [1.165, 1.54) is 29.4 Å². The number of carbonyl (C=O) groups excluding carboxylic acids is 2. The summed E-state index contributed by atoms with van der Waals surface area (Å²) in [5.74, 6) is -1.51. The molecule has 1 aliphatic carbocycles. The predicted octanol–water partition coefficient (Wildman–Crippen LogP) is 6.28. The minimum Gasteiger partial charge on any atom is -0.545 e. The third kappa shape index (κ3) is 8.80. The summed E-state index contributed by atoms with van der Waals surface area (Å²) in [6.07, 6.45) is 7.02. The van der Waals surface area contributed by atoms with Crippen LogP contribution in [0.1, 0.15) is 64.2 Å². The highest BCUT2D eigenvalue weighted by molar-refractivity contribution is 6.35. The lowest BCUT2D eigenvalue weighted by atomic mass is 9.82. The van der Waals surface area contributed by atoms with Crippen molar-refractivity contribution in [2.24, 2.45) is 11.8 Å². The van der Waals surface area contributed by atoms with Crippen LogP contribution in [0.25, 0.3) is 0 Å². The SMILES string of the molecule is O=C([O-])c1ccc(CN(C(=O)O[C@H]2CN3CCC2CC3)c2ccccn2)cc1[C@@H](Cc1c(Cl)c[n+](O)cc1Cl)c1ccc(OC(F)F)c(OCC2CC2)c1. The van der Waals surface area contributed by atoms with Crippen molar-refractivity contribution in [2.75, 3.05) is 31.1 Å². The fourth-order valence-corrected chi connectivity index (χ4v) is 7.85. The Morgan fingerprint density at radius 2 is 1.78 bits per heavy atom. The topological polar surface area (TPSA) is 128 Å². The third-order valence-corrected chi connectivity index (χ3v) is 10.9. The Bertz CT molecular complexity index is 1970. The van der Waals surface area contributed by atoms with E-state index >= 15 is 0 Å². The molecule has 5 heterocycles. The summed E-state index contributed by atoms with van der Waals surface area (Å²) in [6.45, 7) is -0.229. The maximum absolute atomic E-state index is 13.9. The Labute approximate surface area is 320 Å². The fourth-order valence-electron chi connectivity index (χ4n) is 7.24. The first kappa shape index (κ1) is 37.6. The van der Waals surface area contributed by atoms with Gasteiger partial charge in [-0.2, -0.15) is 8.78 Å². The monoisotopic (exact) mass is 782 g/mol. The van der Waals surface area contributed by atoms with E-state index in [1.54, 1.807) is 48.7 Å². The minimum absolute atomic E-state index is 0.00488. The Morgan fingerprint density at radius 1 is 1.02 bits per heavy atom. The third-order valence-electron chi connectivity index (χ3n) is 10.3. The highest BCUT2D eigenvalue weighted by Gasteiger charge is 2.38. The van der Waals surface area contributed by atoms with Crippen LogP contribution in [-0.4, -0.2) is 66.1 Å². The van der Waals surface area contributed by atoms with Gasteiger partial charge in [0.25, 0.3) is 0 Å². The molecule has 2 aromatic carbocycles.